The van der Waals surface area contributed by atoms with Gasteiger partial charge in [-0.05, 0) is 44.5 Å². The molecule has 2 rings (SSSR count). The molecular weight excluding hydrogens is 268 g/mol. The average Bonchev–Trinajstić information content (AvgIpc) is 3.01. The molecule has 1 N–H and O–H groups in total. The Balaban J connectivity index is 1.71. The van der Waals surface area contributed by atoms with Crippen LogP contribution in [0.2, 0.25) is 0 Å². The third kappa shape index (κ3) is 5.52. The molecule has 20 heavy (non-hydrogen) atoms. The minimum atomic E-state index is 0.451. The minimum absolute atomic E-state index is 0.451. The molecule has 3 nitrogen and oxygen atoms in total. The third-order valence-corrected chi connectivity index (χ3v) is 4.60. The van der Waals surface area contributed by atoms with Gasteiger partial charge in [-0.15, -0.1) is 11.3 Å². The molecule has 0 aromatic carbocycles. The van der Waals surface area contributed by atoms with Crippen molar-refractivity contribution in [3.63, 3.8) is 0 Å². The molecule has 1 aromatic rings. The number of ether oxygens (including phenoxy) is 1. The van der Waals surface area contributed by atoms with Gasteiger partial charge in [0.2, 0.25) is 0 Å². The molecule has 1 saturated heterocycles. The quantitative estimate of drug-likeness (QED) is 0.798. The number of likely N-dealkylation sites (N-methyl/N-ethyl adjacent to an activating group) is 1. The van der Waals surface area contributed by atoms with Gasteiger partial charge in [0.1, 0.15) is 0 Å². The van der Waals surface area contributed by atoms with E-state index in [0.29, 0.717) is 12.0 Å². The van der Waals surface area contributed by atoms with Crippen LogP contribution in [0, 0.1) is 5.92 Å². The van der Waals surface area contributed by atoms with Gasteiger partial charge in [0.15, 0.2) is 0 Å². The Morgan fingerprint density at radius 1 is 1.40 bits per heavy atom. The summed E-state index contributed by atoms with van der Waals surface area (Å²) in [5.74, 6) is 0.715. The first kappa shape index (κ1) is 16.0. The lowest BCUT2D eigenvalue weighted by Crippen LogP contribution is -2.27. The molecule has 0 radical (unpaired) electrons. The monoisotopic (exact) mass is 296 g/mol. The third-order valence-electron chi connectivity index (χ3n) is 3.53. The molecule has 4 heteroatoms. The van der Waals surface area contributed by atoms with Crippen molar-refractivity contribution in [3.8, 4) is 0 Å². The first-order valence-electron chi connectivity index (χ1n) is 7.72. The standard InChI is InChI=1S/C16H28N2OS/c1-13(2)9-17-10-15-6-7-16(20-15)12-18(3)11-14-5-4-8-19-14/h6-7,13-14,17H,4-5,8-12H2,1-3H3. The van der Waals surface area contributed by atoms with Crippen LogP contribution in [0.3, 0.4) is 0 Å². The van der Waals surface area contributed by atoms with Gasteiger partial charge in [0.05, 0.1) is 6.10 Å². The molecule has 0 bridgehead atoms. The highest BCUT2D eigenvalue weighted by Gasteiger charge is 2.17. The van der Waals surface area contributed by atoms with Crippen LogP contribution >= 0.6 is 11.3 Å². The Bertz CT molecular complexity index is 386. The van der Waals surface area contributed by atoms with Gasteiger partial charge in [-0.2, -0.15) is 0 Å². The second-order valence-electron chi connectivity index (χ2n) is 6.22. The zero-order chi connectivity index (χ0) is 14.4. The summed E-state index contributed by atoms with van der Waals surface area (Å²) in [6, 6.07) is 4.52. The molecule has 1 unspecified atom stereocenters. The molecule has 1 aliphatic heterocycles. The van der Waals surface area contributed by atoms with E-state index in [1.165, 1.54) is 22.6 Å². The van der Waals surface area contributed by atoms with Crippen LogP contribution in [0.15, 0.2) is 12.1 Å². The summed E-state index contributed by atoms with van der Waals surface area (Å²) in [4.78, 5) is 5.27. The number of nitrogens with one attached hydrogen (secondary N) is 1. The SMILES string of the molecule is CC(C)CNCc1ccc(CN(C)CC2CCCO2)s1. The molecule has 114 valence electrons. The highest BCUT2D eigenvalue weighted by molar-refractivity contribution is 7.11. The zero-order valence-electron chi connectivity index (χ0n) is 13.0. The van der Waals surface area contributed by atoms with E-state index in [0.717, 1.165) is 32.8 Å². The van der Waals surface area contributed by atoms with E-state index in [-0.39, 0.29) is 0 Å². The van der Waals surface area contributed by atoms with Gasteiger partial charge in [-0.1, -0.05) is 13.8 Å². The predicted molar refractivity (Wildman–Crippen MR) is 86.2 cm³/mol. The second-order valence-corrected chi connectivity index (χ2v) is 7.48. The van der Waals surface area contributed by atoms with Crippen LogP contribution in [0.25, 0.3) is 0 Å². The van der Waals surface area contributed by atoms with E-state index < -0.39 is 0 Å². The summed E-state index contributed by atoms with van der Waals surface area (Å²) in [5.41, 5.74) is 0. The van der Waals surface area contributed by atoms with Crippen molar-refractivity contribution in [2.24, 2.45) is 5.92 Å². The fourth-order valence-corrected chi connectivity index (χ4v) is 3.62. The smallest absolute Gasteiger partial charge is 0.0702 e. The molecule has 0 amide bonds. The summed E-state index contributed by atoms with van der Waals surface area (Å²) in [6.45, 7) is 9.61. The van der Waals surface area contributed by atoms with Crippen LogP contribution < -0.4 is 5.32 Å². The van der Waals surface area contributed by atoms with E-state index in [1.54, 1.807) is 0 Å². The first-order valence-corrected chi connectivity index (χ1v) is 8.53. The average molecular weight is 296 g/mol. The van der Waals surface area contributed by atoms with Crippen LogP contribution in [0.5, 0.6) is 0 Å². The van der Waals surface area contributed by atoms with Crippen LogP contribution in [-0.2, 0) is 17.8 Å². The molecule has 1 atom stereocenters. The Kier molecular flexibility index (Phi) is 6.49. The Morgan fingerprint density at radius 3 is 2.90 bits per heavy atom. The molecule has 1 fully saturated rings. The van der Waals surface area contributed by atoms with Crippen LogP contribution in [-0.4, -0.2) is 37.7 Å². The molecule has 1 aromatic heterocycles. The minimum Gasteiger partial charge on any atom is -0.377 e. The number of hydrogen-bond donors (Lipinski definition) is 1. The van der Waals surface area contributed by atoms with Gasteiger partial charge in [-0.3, -0.25) is 4.90 Å². The van der Waals surface area contributed by atoms with Crippen molar-refractivity contribution in [1.82, 2.24) is 10.2 Å². The lowest BCUT2D eigenvalue weighted by Gasteiger charge is -2.19. The topological polar surface area (TPSA) is 24.5 Å². The molecule has 0 saturated carbocycles. The fourth-order valence-electron chi connectivity index (χ4n) is 2.55. The highest BCUT2D eigenvalue weighted by Crippen LogP contribution is 2.19. The highest BCUT2D eigenvalue weighted by atomic mass is 32.1. The van der Waals surface area contributed by atoms with Crippen molar-refractivity contribution < 1.29 is 4.74 Å². The summed E-state index contributed by atoms with van der Waals surface area (Å²) in [6.07, 6.45) is 2.90. The lowest BCUT2D eigenvalue weighted by molar-refractivity contribution is 0.0796. The van der Waals surface area contributed by atoms with Gasteiger partial charge in [0, 0.05) is 36.0 Å². The van der Waals surface area contributed by atoms with Crippen molar-refractivity contribution in [2.75, 3.05) is 26.7 Å². The number of thiophene rings is 1. The molecular formula is C16H28N2OS. The van der Waals surface area contributed by atoms with E-state index in [9.17, 15) is 0 Å². The van der Waals surface area contributed by atoms with Gasteiger partial charge in [-0.25, -0.2) is 0 Å². The largest absolute Gasteiger partial charge is 0.377 e. The molecule has 0 spiro atoms. The molecule has 0 aliphatic carbocycles. The van der Waals surface area contributed by atoms with E-state index >= 15 is 0 Å². The van der Waals surface area contributed by atoms with Crippen LogP contribution in [0.4, 0.5) is 0 Å². The Labute approximate surface area is 127 Å². The zero-order valence-corrected chi connectivity index (χ0v) is 13.8. The van der Waals surface area contributed by atoms with Crippen molar-refractivity contribution >= 4 is 11.3 Å². The summed E-state index contributed by atoms with van der Waals surface area (Å²) in [5, 5.41) is 3.50. The summed E-state index contributed by atoms with van der Waals surface area (Å²) >= 11 is 1.93. The normalized spacial score (nSPS) is 19.4. The van der Waals surface area contributed by atoms with Gasteiger partial charge in [0.25, 0.3) is 0 Å². The van der Waals surface area contributed by atoms with E-state index in [2.05, 4.69) is 43.2 Å². The van der Waals surface area contributed by atoms with Crippen molar-refractivity contribution in [3.05, 3.63) is 21.9 Å². The van der Waals surface area contributed by atoms with Gasteiger partial charge < -0.3 is 10.1 Å². The van der Waals surface area contributed by atoms with Gasteiger partial charge >= 0.3 is 0 Å². The van der Waals surface area contributed by atoms with Crippen LogP contribution in [0.1, 0.15) is 36.4 Å². The lowest BCUT2D eigenvalue weighted by atomic mass is 10.2. The maximum absolute atomic E-state index is 5.69. The maximum Gasteiger partial charge on any atom is 0.0702 e. The van der Waals surface area contributed by atoms with E-state index in [4.69, 9.17) is 4.74 Å². The molecule has 2 heterocycles. The second kappa shape index (κ2) is 8.13. The maximum atomic E-state index is 5.69. The summed E-state index contributed by atoms with van der Waals surface area (Å²) in [7, 11) is 2.19. The fraction of sp³-hybridized carbons (Fsp3) is 0.750. The predicted octanol–water partition coefficient (Wildman–Crippen LogP) is 3.10. The summed E-state index contributed by atoms with van der Waals surface area (Å²) < 4.78 is 5.69. The Morgan fingerprint density at radius 2 is 2.20 bits per heavy atom. The number of hydrogen-bond acceptors (Lipinski definition) is 4. The van der Waals surface area contributed by atoms with E-state index in [1.807, 2.05) is 11.3 Å². The van der Waals surface area contributed by atoms with Crippen molar-refractivity contribution in [1.29, 1.82) is 0 Å². The molecule has 1 aliphatic rings. The number of rotatable bonds is 8. The number of nitrogens with zero attached hydrogens (tertiary/aromatic N) is 1. The van der Waals surface area contributed by atoms with Crippen molar-refractivity contribution in [2.45, 2.75) is 45.9 Å². The Hall–Kier alpha value is -0.420. The first-order chi connectivity index (χ1) is 9.63.